The second-order valence-electron chi connectivity index (χ2n) is 4.27. The largest absolute Gasteiger partial charge is 0.341 e. The van der Waals surface area contributed by atoms with Crippen LogP contribution < -0.4 is 5.32 Å². The summed E-state index contributed by atoms with van der Waals surface area (Å²) < 4.78 is 0.328. The summed E-state index contributed by atoms with van der Waals surface area (Å²) in [5.41, 5.74) is 0. The number of hydrogen-bond acceptors (Lipinski definition) is 3. The smallest absolute Gasteiger partial charge is 0.236 e. The number of rotatable bonds is 2. The van der Waals surface area contributed by atoms with Crippen LogP contribution in [-0.4, -0.2) is 48.0 Å². The van der Waals surface area contributed by atoms with E-state index in [0.717, 1.165) is 25.3 Å². The minimum absolute atomic E-state index is 0.228. The molecule has 0 unspecified atom stereocenters. The summed E-state index contributed by atoms with van der Waals surface area (Å²) in [5, 5.41) is 2.91. The van der Waals surface area contributed by atoms with Gasteiger partial charge in [0, 0.05) is 23.6 Å². The number of thioether (sulfide) groups is 1. The Balaban J connectivity index is 2.45. The molecule has 0 aromatic rings. The van der Waals surface area contributed by atoms with Gasteiger partial charge in [-0.2, -0.15) is 11.8 Å². The molecule has 0 aromatic carbocycles. The van der Waals surface area contributed by atoms with Gasteiger partial charge in [-0.1, -0.05) is 13.8 Å². The van der Waals surface area contributed by atoms with E-state index in [4.69, 9.17) is 0 Å². The third-order valence-corrected chi connectivity index (χ3v) is 3.89. The average Bonchev–Trinajstić information content (AvgIpc) is 2.27. The van der Waals surface area contributed by atoms with Gasteiger partial charge < -0.3 is 10.2 Å². The van der Waals surface area contributed by atoms with Gasteiger partial charge in [0.2, 0.25) is 5.91 Å². The Morgan fingerprint density at radius 1 is 1.50 bits per heavy atom. The zero-order valence-corrected chi connectivity index (χ0v) is 10.1. The van der Waals surface area contributed by atoms with Gasteiger partial charge in [-0.3, -0.25) is 4.79 Å². The first-order chi connectivity index (χ1) is 6.55. The van der Waals surface area contributed by atoms with Crippen LogP contribution in [0.15, 0.2) is 0 Å². The fourth-order valence-corrected chi connectivity index (χ4v) is 2.63. The Hall–Kier alpha value is -0.220. The maximum Gasteiger partial charge on any atom is 0.236 e. The van der Waals surface area contributed by atoms with Crippen LogP contribution in [0.2, 0.25) is 0 Å². The molecule has 0 bridgehead atoms. The van der Waals surface area contributed by atoms with Crippen LogP contribution in [0.25, 0.3) is 0 Å². The van der Waals surface area contributed by atoms with E-state index < -0.39 is 0 Å². The van der Waals surface area contributed by atoms with Crippen molar-refractivity contribution in [2.45, 2.75) is 25.0 Å². The molecule has 3 nitrogen and oxygen atoms in total. The molecule has 14 heavy (non-hydrogen) atoms. The van der Waals surface area contributed by atoms with Gasteiger partial charge in [-0.15, -0.1) is 0 Å². The van der Waals surface area contributed by atoms with Crippen molar-refractivity contribution >= 4 is 17.7 Å². The van der Waals surface area contributed by atoms with Crippen LogP contribution >= 0.6 is 11.8 Å². The Kier molecular flexibility index (Phi) is 4.26. The Morgan fingerprint density at radius 3 is 2.86 bits per heavy atom. The lowest BCUT2D eigenvalue weighted by Crippen LogP contribution is -2.38. The summed E-state index contributed by atoms with van der Waals surface area (Å²) in [5.74, 6) is 1.29. The normalized spacial score (nSPS) is 21.8. The van der Waals surface area contributed by atoms with Crippen molar-refractivity contribution in [2.24, 2.45) is 0 Å². The number of carbonyl (C=O) groups is 1. The summed E-state index contributed by atoms with van der Waals surface area (Å²) in [4.78, 5) is 13.6. The van der Waals surface area contributed by atoms with Crippen molar-refractivity contribution in [1.82, 2.24) is 10.2 Å². The molecule has 0 aliphatic carbocycles. The van der Waals surface area contributed by atoms with Gasteiger partial charge in [0.05, 0.1) is 6.54 Å². The Bertz CT molecular complexity index is 206. The molecule has 0 atom stereocenters. The Morgan fingerprint density at radius 2 is 2.21 bits per heavy atom. The average molecular weight is 216 g/mol. The zero-order chi connectivity index (χ0) is 10.6. The van der Waals surface area contributed by atoms with Gasteiger partial charge in [0.1, 0.15) is 0 Å². The molecule has 1 amide bonds. The molecule has 1 fully saturated rings. The Labute approximate surface area is 90.6 Å². The van der Waals surface area contributed by atoms with Gasteiger partial charge in [-0.05, 0) is 13.5 Å². The topological polar surface area (TPSA) is 32.3 Å². The van der Waals surface area contributed by atoms with E-state index in [1.54, 1.807) is 0 Å². The quantitative estimate of drug-likeness (QED) is 0.746. The third kappa shape index (κ3) is 3.50. The van der Waals surface area contributed by atoms with Crippen LogP contribution in [0.4, 0.5) is 0 Å². The number of nitrogens with zero attached hydrogens (tertiary/aromatic N) is 1. The van der Waals surface area contributed by atoms with Gasteiger partial charge in [0.15, 0.2) is 0 Å². The summed E-state index contributed by atoms with van der Waals surface area (Å²) in [7, 11) is 1.81. The number of likely N-dealkylation sites (N-methyl/N-ethyl adjacent to an activating group) is 1. The van der Waals surface area contributed by atoms with E-state index in [2.05, 4.69) is 19.2 Å². The summed E-state index contributed by atoms with van der Waals surface area (Å²) >= 11 is 1.97. The van der Waals surface area contributed by atoms with Crippen molar-refractivity contribution < 1.29 is 4.79 Å². The van der Waals surface area contributed by atoms with Crippen LogP contribution in [0.1, 0.15) is 20.3 Å². The predicted octanol–water partition coefficient (Wildman–Crippen LogP) is 0.950. The van der Waals surface area contributed by atoms with Gasteiger partial charge in [-0.25, -0.2) is 0 Å². The van der Waals surface area contributed by atoms with E-state index in [-0.39, 0.29) is 5.91 Å². The lowest BCUT2D eigenvalue weighted by Gasteiger charge is -2.22. The summed E-state index contributed by atoms with van der Waals surface area (Å²) in [6, 6.07) is 0. The van der Waals surface area contributed by atoms with E-state index in [1.807, 2.05) is 23.7 Å². The van der Waals surface area contributed by atoms with Crippen LogP contribution in [-0.2, 0) is 4.79 Å². The molecule has 4 heteroatoms. The van der Waals surface area contributed by atoms with E-state index in [0.29, 0.717) is 11.3 Å². The molecule has 0 radical (unpaired) electrons. The van der Waals surface area contributed by atoms with E-state index >= 15 is 0 Å². The first kappa shape index (κ1) is 11.9. The molecule has 1 N–H and O–H groups in total. The standard InChI is InChI=1S/C10H20N2OS/c1-10(2)4-5-12(6-7-14-10)9(13)8-11-3/h11H,4-8H2,1-3H3. The predicted molar refractivity (Wildman–Crippen MR) is 61.7 cm³/mol. The molecule has 82 valence electrons. The van der Waals surface area contributed by atoms with E-state index in [1.165, 1.54) is 0 Å². The maximum atomic E-state index is 11.6. The lowest BCUT2D eigenvalue weighted by atomic mass is 10.1. The number of carbonyl (C=O) groups excluding carboxylic acids is 1. The second-order valence-corrected chi connectivity index (χ2v) is 6.07. The molecule has 1 aliphatic heterocycles. The van der Waals surface area contributed by atoms with Crippen LogP contribution in [0.5, 0.6) is 0 Å². The molecular weight excluding hydrogens is 196 g/mol. The highest BCUT2D eigenvalue weighted by atomic mass is 32.2. The SMILES string of the molecule is CNCC(=O)N1CCSC(C)(C)CC1. The molecule has 1 rings (SSSR count). The third-order valence-electron chi connectivity index (χ3n) is 2.52. The molecule has 1 heterocycles. The minimum atomic E-state index is 0.228. The fourth-order valence-electron chi connectivity index (χ4n) is 1.53. The first-order valence-corrected chi connectivity index (χ1v) is 6.10. The highest BCUT2D eigenvalue weighted by Gasteiger charge is 2.25. The molecule has 0 aromatic heterocycles. The van der Waals surface area contributed by atoms with Crippen molar-refractivity contribution in [3.63, 3.8) is 0 Å². The number of amides is 1. The zero-order valence-electron chi connectivity index (χ0n) is 9.30. The molecule has 1 saturated heterocycles. The second kappa shape index (κ2) is 5.03. The molecule has 0 saturated carbocycles. The summed E-state index contributed by atoms with van der Waals surface area (Å²) in [6.07, 6.45) is 1.09. The molecule has 0 spiro atoms. The van der Waals surface area contributed by atoms with Crippen molar-refractivity contribution in [3.05, 3.63) is 0 Å². The van der Waals surface area contributed by atoms with Gasteiger partial charge >= 0.3 is 0 Å². The molecular formula is C10H20N2OS. The summed E-state index contributed by atoms with van der Waals surface area (Å²) in [6.45, 7) is 6.77. The highest BCUT2D eigenvalue weighted by Crippen LogP contribution is 2.30. The van der Waals surface area contributed by atoms with Crippen molar-refractivity contribution in [1.29, 1.82) is 0 Å². The number of hydrogen-bond donors (Lipinski definition) is 1. The van der Waals surface area contributed by atoms with Crippen LogP contribution in [0, 0.1) is 0 Å². The lowest BCUT2D eigenvalue weighted by molar-refractivity contribution is -0.129. The van der Waals surface area contributed by atoms with Crippen LogP contribution in [0.3, 0.4) is 0 Å². The first-order valence-electron chi connectivity index (χ1n) is 5.11. The number of nitrogens with one attached hydrogen (secondary N) is 1. The van der Waals surface area contributed by atoms with Crippen molar-refractivity contribution in [3.8, 4) is 0 Å². The molecule has 1 aliphatic rings. The fraction of sp³-hybridized carbons (Fsp3) is 0.900. The maximum absolute atomic E-state index is 11.6. The van der Waals surface area contributed by atoms with Crippen molar-refractivity contribution in [2.75, 3.05) is 32.4 Å². The monoisotopic (exact) mass is 216 g/mol. The highest BCUT2D eigenvalue weighted by molar-refractivity contribution is 8.00. The minimum Gasteiger partial charge on any atom is -0.341 e. The van der Waals surface area contributed by atoms with Gasteiger partial charge in [0.25, 0.3) is 0 Å². The van der Waals surface area contributed by atoms with E-state index in [9.17, 15) is 4.79 Å².